The van der Waals surface area contributed by atoms with Crippen molar-refractivity contribution in [2.45, 2.75) is 0 Å². The minimum absolute atomic E-state index is 0.0726. The molecule has 0 aromatic heterocycles. The molecule has 1 aromatic carbocycles. The van der Waals surface area contributed by atoms with Crippen LogP contribution in [0.2, 0.25) is 0 Å². The number of para-hydroxylation sites is 1. The van der Waals surface area contributed by atoms with Gasteiger partial charge >= 0.3 is 12.0 Å². The van der Waals surface area contributed by atoms with Crippen LogP contribution in [-0.4, -0.2) is 43.9 Å². The highest BCUT2D eigenvalue weighted by molar-refractivity contribution is 5.91. The van der Waals surface area contributed by atoms with E-state index in [9.17, 15) is 14.0 Å². The van der Waals surface area contributed by atoms with E-state index in [0.29, 0.717) is 0 Å². The molecule has 6 nitrogen and oxygen atoms in total. The Morgan fingerprint density at radius 3 is 2.74 bits per heavy atom. The first-order chi connectivity index (χ1) is 9.02. The quantitative estimate of drug-likeness (QED) is 0.758. The van der Waals surface area contributed by atoms with Gasteiger partial charge in [0, 0.05) is 13.6 Å². The highest BCUT2D eigenvalue weighted by atomic mass is 19.1. The second-order valence-electron chi connectivity index (χ2n) is 3.69. The number of ether oxygens (including phenoxy) is 1. The second kappa shape index (κ2) is 7.32. The molecule has 7 heteroatoms. The minimum atomic E-state index is -1.07. The third-order valence-corrected chi connectivity index (χ3v) is 2.27. The summed E-state index contributed by atoms with van der Waals surface area (Å²) in [5.41, 5.74) is 0.159. The van der Waals surface area contributed by atoms with Gasteiger partial charge in [0.2, 0.25) is 0 Å². The van der Waals surface area contributed by atoms with Crippen molar-refractivity contribution in [3.63, 3.8) is 0 Å². The van der Waals surface area contributed by atoms with Gasteiger partial charge in [0.15, 0.2) is 0 Å². The van der Waals surface area contributed by atoms with Gasteiger partial charge in [-0.1, -0.05) is 12.1 Å². The molecule has 0 bridgehead atoms. The molecule has 0 atom stereocenters. The zero-order valence-corrected chi connectivity index (χ0v) is 10.4. The van der Waals surface area contributed by atoms with Gasteiger partial charge in [-0.2, -0.15) is 0 Å². The smallest absolute Gasteiger partial charge is 0.329 e. The molecular weight excluding hydrogens is 255 g/mol. The van der Waals surface area contributed by atoms with Crippen LogP contribution in [0.4, 0.5) is 14.9 Å². The lowest BCUT2D eigenvalue weighted by molar-refractivity contribution is -0.142. The topological polar surface area (TPSA) is 78.9 Å². The SMILES string of the molecule is CN(C(=O)NCCOCC(=O)O)c1ccccc1F. The first kappa shape index (κ1) is 14.9. The predicted octanol–water partition coefficient (Wildman–Crippen LogP) is 1.07. The van der Waals surface area contributed by atoms with Gasteiger partial charge in [0.25, 0.3) is 0 Å². The number of anilines is 1. The zero-order valence-electron chi connectivity index (χ0n) is 10.4. The number of hydrogen-bond acceptors (Lipinski definition) is 3. The average Bonchev–Trinajstić information content (AvgIpc) is 2.37. The summed E-state index contributed by atoms with van der Waals surface area (Å²) in [6, 6.07) is 5.40. The molecule has 2 amide bonds. The monoisotopic (exact) mass is 270 g/mol. The number of amides is 2. The molecule has 0 heterocycles. The van der Waals surface area contributed by atoms with Crippen molar-refractivity contribution in [1.82, 2.24) is 5.32 Å². The van der Waals surface area contributed by atoms with Crippen LogP contribution < -0.4 is 10.2 Å². The van der Waals surface area contributed by atoms with E-state index in [-0.39, 0.29) is 18.8 Å². The fraction of sp³-hybridized carbons (Fsp3) is 0.333. The first-order valence-corrected chi connectivity index (χ1v) is 5.58. The maximum atomic E-state index is 13.4. The Kier molecular flexibility index (Phi) is 5.74. The highest BCUT2D eigenvalue weighted by Gasteiger charge is 2.13. The molecule has 0 saturated heterocycles. The molecule has 0 aliphatic rings. The molecule has 0 radical (unpaired) electrons. The van der Waals surface area contributed by atoms with Crippen molar-refractivity contribution in [2.75, 3.05) is 31.7 Å². The van der Waals surface area contributed by atoms with Crippen molar-refractivity contribution < 1.29 is 23.8 Å². The maximum absolute atomic E-state index is 13.4. The van der Waals surface area contributed by atoms with E-state index in [1.54, 1.807) is 6.07 Å². The summed E-state index contributed by atoms with van der Waals surface area (Å²) in [4.78, 5) is 23.0. The van der Waals surface area contributed by atoms with Crippen LogP contribution in [0.3, 0.4) is 0 Å². The normalized spacial score (nSPS) is 10.0. The molecule has 0 aliphatic carbocycles. The van der Waals surface area contributed by atoms with Crippen LogP contribution in [0.1, 0.15) is 0 Å². The van der Waals surface area contributed by atoms with Crippen LogP contribution in [0.15, 0.2) is 24.3 Å². The van der Waals surface area contributed by atoms with Gasteiger partial charge in [0.05, 0.1) is 12.3 Å². The van der Waals surface area contributed by atoms with Gasteiger partial charge in [-0.3, -0.25) is 4.90 Å². The third kappa shape index (κ3) is 4.92. The number of carboxylic acids is 1. The minimum Gasteiger partial charge on any atom is -0.480 e. The van der Waals surface area contributed by atoms with E-state index in [1.165, 1.54) is 25.2 Å². The first-order valence-electron chi connectivity index (χ1n) is 5.58. The number of nitrogens with zero attached hydrogens (tertiary/aromatic N) is 1. The number of benzene rings is 1. The lowest BCUT2D eigenvalue weighted by atomic mass is 10.3. The summed E-state index contributed by atoms with van der Waals surface area (Å²) in [6.07, 6.45) is 0. The van der Waals surface area contributed by atoms with E-state index in [4.69, 9.17) is 9.84 Å². The number of urea groups is 1. The van der Waals surface area contributed by atoms with Crippen LogP contribution in [-0.2, 0) is 9.53 Å². The van der Waals surface area contributed by atoms with E-state index >= 15 is 0 Å². The van der Waals surface area contributed by atoms with Gasteiger partial charge in [-0.25, -0.2) is 14.0 Å². The number of carbonyl (C=O) groups is 2. The molecule has 2 N–H and O–H groups in total. The Labute approximate surface area is 109 Å². The van der Waals surface area contributed by atoms with Crippen molar-refractivity contribution in [3.8, 4) is 0 Å². The predicted molar refractivity (Wildman–Crippen MR) is 66.7 cm³/mol. The van der Waals surface area contributed by atoms with Gasteiger partial charge in [0.1, 0.15) is 12.4 Å². The molecule has 0 unspecified atom stereocenters. The standard InChI is InChI=1S/C12H15FN2O4/c1-15(10-5-3-2-4-9(10)13)12(18)14-6-7-19-8-11(16)17/h2-5H,6-8H2,1H3,(H,14,18)(H,16,17). The molecule has 1 aromatic rings. The summed E-state index contributed by atoms with van der Waals surface area (Å²) in [5.74, 6) is -1.57. The Bertz CT molecular complexity index is 453. The summed E-state index contributed by atoms with van der Waals surface area (Å²) in [7, 11) is 1.44. The second-order valence-corrected chi connectivity index (χ2v) is 3.69. The lowest BCUT2D eigenvalue weighted by Crippen LogP contribution is -2.39. The van der Waals surface area contributed by atoms with Gasteiger partial charge in [-0.05, 0) is 12.1 Å². The summed E-state index contributed by atoms with van der Waals surface area (Å²) in [6.45, 7) is -0.201. The molecule has 0 spiro atoms. The van der Waals surface area contributed by atoms with Gasteiger partial charge < -0.3 is 15.2 Å². The largest absolute Gasteiger partial charge is 0.480 e. The average molecular weight is 270 g/mol. The Balaban J connectivity index is 2.37. The third-order valence-electron chi connectivity index (χ3n) is 2.27. The van der Waals surface area contributed by atoms with Crippen LogP contribution in [0.5, 0.6) is 0 Å². The van der Waals surface area contributed by atoms with E-state index in [1.807, 2.05) is 0 Å². The van der Waals surface area contributed by atoms with E-state index < -0.39 is 24.4 Å². The van der Waals surface area contributed by atoms with Crippen LogP contribution in [0.25, 0.3) is 0 Å². The highest BCUT2D eigenvalue weighted by Crippen LogP contribution is 2.16. The Morgan fingerprint density at radius 1 is 1.42 bits per heavy atom. The van der Waals surface area contributed by atoms with Crippen LogP contribution in [0, 0.1) is 5.82 Å². The Hall–Kier alpha value is -2.15. The maximum Gasteiger partial charge on any atom is 0.329 e. The molecule has 0 aliphatic heterocycles. The van der Waals surface area contributed by atoms with Crippen molar-refractivity contribution in [1.29, 1.82) is 0 Å². The molecule has 0 fully saturated rings. The van der Waals surface area contributed by atoms with E-state index in [2.05, 4.69) is 5.32 Å². The molecular formula is C12H15FN2O4. The summed E-state index contributed by atoms with van der Waals surface area (Å²) >= 11 is 0. The number of nitrogens with one attached hydrogen (secondary N) is 1. The van der Waals surface area contributed by atoms with E-state index in [0.717, 1.165) is 4.90 Å². The zero-order chi connectivity index (χ0) is 14.3. The van der Waals surface area contributed by atoms with Crippen molar-refractivity contribution >= 4 is 17.7 Å². The molecule has 0 saturated carbocycles. The summed E-state index contributed by atoms with van der Waals surface area (Å²) < 4.78 is 18.2. The fourth-order valence-electron chi connectivity index (χ4n) is 1.34. The number of rotatable bonds is 6. The molecule has 104 valence electrons. The fourth-order valence-corrected chi connectivity index (χ4v) is 1.34. The number of carbonyl (C=O) groups excluding carboxylic acids is 1. The van der Waals surface area contributed by atoms with Crippen molar-refractivity contribution in [3.05, 3.63) is 30.1 Å². The van der Waals surface area contributed by atoms with Gasteiger partial charge in [-0.15, -0.1) is 0 Å². The number of aliphatic carboxylic acids is 1. The number of hydrogen-bond donors (Lipinski definition) is 2. The Morgan fingerprint density at radius 2 is 2.11 bits per heavy atom. The summed E-state index contributed by atoms with van der Waals surface area (Å²) in [5, 5.41) is 10.8. The lowest BCUT2D eigenvalue weighted by Gasteiger charge is -2.18. The number of halogens is 1. The van der Waals surface area contributed by atoms with Crippen molar-refractivity contribution in [2.24, 2.45) is 0 Å². The number of carboxylic acid groups (broad SMARTS) is 1. The van der Waals surface area contributed by atoms with Crippen LogP contribution >= 0.6 is 0 Å². The molecule has 19 heavy (non-hydrogen) atoms. The molecule has 1 rings (SSSR count).